The highest BCUT2D eigenvalue weighted by atomic mass is 16.6. The van der Waals surface area contributed by atoms with Crippen LogP contribution >= 0.6 is 0 Å². The van der Waals surface area contributed by atoms with Crippen LogP contribution in [0.2, 0.25) is 0 Å². The van der Waals surface area contributed by atoms with Crippen molar-refractivity contribution in [3.05, 3.63) is 41.6 Å². The molecule has 1 aromatic heterocycles. The van der Waals surface area contributed by atoms with Crippen LogP contribution in [-0.4, -0.2) is 28.3 Å². The molecule has 0 bridgehead atoms. The van der Waals surface area contributed by atoms with Gasteiger partial charge in [-0.25, -0.2) is 9.78 Å². The fraction of sp³-hybridized carbons (Fsp3) is 0.235. The quantitative estimate of drug-likeness (QED) is 0.884. The van der Waals surface area contributed by atoms with Crippen LogP contribution in [-0.2, 0) is 16.1 Å². The second-order valence-corrected chi connectivity index (χ2v) is 6.11. The summed E-state index contributed by atoms with van der Waals surface area (Å²) < 4.78 is 16.5. The van der Waals surface area contributed by atoms with Crippen LogP contribution in [0.5, 0.6) is 17.2 Å². The van der Waals surface area contributed by atoms with Gasteiger partial charge in [0.25, 0.3) is 0 Å². The van der Waals surface area contributed by atoms with Gasteiger partial charge in [0, 0.05) is 17.7 Å². The molecule has 2 aliphatic heterocycles. The maximum atomic E-state index is 11.3. The van der Waals surface area contributed by atoms with E-state index in [9.17, 15) is 14.7 Å². The Labute approximate surface area is 141 Å². The third kappa shape index (κ3) is 2.10. The summed E-state index contributed by atoms with van der Waals surface area (Å²) in [4.78, 5) is 26.6. The minimum atomic E-state index is -0.844. The number of carbonyl (C=O) groups excluding carboxylic acids is 1. The number of hydrogen-bond donors (Lipinski definition) is 2. The number of benzene rings is 1. The number of nitrogens with zero attached hydrogens (tertiary/aromatic N) is 1. The summed E-state index contributed by atoms with van der Waals surface area (Å²) in [5, 5.41) is 11.7. The number of anilines is 1. The summed E-state index contributed by atoms with van der Waals surface area (Å²) in [5.41, 5.74) is 1.49. The third-order valence-corrected chi connectivity index (χ3v) is 4.65. The maximum Gasteiger partial charge on any atom is 0.413 e. The zero-order valence-corrected chi connectivity index (χ0v) is 12.8. The van der Waals surface area contributed by atoms with Gasteiger partial charge < -0.3 is 19.3 Å². The Morgan fingerprint density at radius 3 is 3.08 bits per heavy atom. The average molecular weight is 340 g/mol. The summed E-state index contributed by atoms with van der Waals surface area (Å²) >= 11 is 0. The molecule has 1 fully saturated rings. The van der Waals surface area contributed by atoms with E-state index in [1.54, 1.807) is 24.3 Å². The van der Waals surface area contributed by atoms with Crippen molar-refractivity contribution in [1.29, 1.82) is 0 Å². The molecule has 2 aromatic rings. The fourth-order valence-corrected chi connectivity index (χ4v) is 3.41. The van der Waals surface area contributed by atoms with E-state index in [1.165, 1.54) is 6.20 Å². The lowest BCUT2D eigenvalue weighted by molar-refractivity contribution is -0.139. The van der Waals surface area contributed by atoms with Gasteiger partial charge in [-0.05, 0) is 24.3 Å². The molecule has 1 unspecified atom stereocenters. The molecule has 8 nitrogen and oxygen atoms in total. The number of nitrogens with one attached hydrogen (secondary N) is 1. The molecule has 1 saturated carbocycles. The third-order valence-electron chi connectivity index (χ3n) is 4.65. The van der Waals surface area contributed by atoms with E-state index in [0.717, 1.165) is 5.56 Å². The molecular weight excluding hydrogens is 328 g/mol. The van der Waals surface area contributed by atoms with Gasteiger partial charge in [-0.1, -0.05) is 0 Å². The predicted octanol–water partition coefficient (Wildman–Crippen LogP) is 2.50. The van der Waals surface area contributed by atoms with Crippen LogP contribution in [0.25, 0.3) is 0 Å². The number of hydrogen-bond acceptors (Lipinski definition) is 6. The molecule has 1 aliphatic carbocycles. The van der Waals surface area contributed by atoms with Crippen molar-refractivity contribution >= 4 is 17.9 Å². The second-order valence-electron chi connectivity index (χ2n) is 6.11. The molecule has 3 aliphatic rings. The number of rotatable bonds is 3. The lowest BCUT2D eigenvalue weighted by Gasteiger charge is -2.19. The Bertz CT molecular complexity index is 927. The molecule has 0 radical (unpaired) electrons. The summed E-state index contributed by atoms with van der Waals surface area (Å²) in [5.74, 6) is 0.738. The lowest BCUT2D eigenvalue weighted by Crippen LogP contribution is -2.21. The number of carboxylic acids is 1. The zero-order valence-electron chi connectivity index (χ0n) is 12.8. The highest BCUT2D eigenvalue weighted by Gasteiger charge is 2.63. The van der Waals surface area contributed by atoms with Crippen LogP contribution in [0.3, 0.4) is 0 Å². The molecule has 3 atom stereocenters. The SMILES string of the molecule is O=C1Nc2nccc(Oc3ccc4c(c3)[C@H]3C(C(=O)O)[C@H]3O4)c2CO1. The van der Waals surface area contributed by atoms with Gasteiger partial charge >= 0.3 is 12.1 Å². The monoisotopic (exact) mass is 340 g/mol. The lowest BCUT2D eigenvalue weighted by atomic mass is 10.1. The molecule has 25 heavy (non-hydrogen) atoms. The average Bonchev–Trinajstić information content (AvgIpc) is 3.19. The molecule has 0 saturated heterocycles. The molecule has 8 heteroatoms. The molecule has 1 aromatic carbocycles. The number of amides is 1. The van der Waals surface area contributed by atoms with Crippen LogP contribution in [0.4, 0.5) is 10.6 Å². The highest BCUT2D eigenvalue weighted by Crippen LogP contribution is 2.59. The van der Waals surface area contributed by atoms with Gasteiger partial charge in [0.2, 0.25) is 0 Å². The largest absolute Gasteiger partial charge is 0.489 e. The van der Waals surface area contributed by atoms with Crippen molar-refractivity contribution in [3.8, 4) is 17.2 Å². The van der Waals surface area contributed by atoms with Crippen molar-refractivity contribution in [2.45, 2.75) is 18.6 Å². The molecule has 126 valence electrons. The topological polar surface area (TPSA) is 107 Å². The highest BCUT2D eigenvalue weighted by molar-refractivity contribution is 5.86. The smallest absolute Gasteiger partial charge is 0.413 e. The first-order valence-electron chi connectivity index (χ1n) is 7.75. The fourth-order valence-electron chi connectivity index (χ4n) is 3.41. The van der Waals surface area contributed by atoms with E-state index < -0.39 is 18.0 Å². The minimum absolute atomic E-state index is 0.0736. The summed E-state index contributed by atoms with van der Waals surface area (Å²) in [6, 6.07) is 7.03. The van der Waals surface area contributed by atoms with Crippen molar-refractivity contribution in [1.82, 2.24) is 4.98 Å². The zero-order chi connectivity index (χ0) is 17.1. The first kappa shape index (κ1) is 14.1. The second kappa shape index (κ2) is 4.85. The Morgan fingerprint density at radius 2 is 2.24 bits per heavy atom. The predicted molar refractivity (Wildman–Crippen MR) is 82.8 cm³/mol. The van der Waals surface area contributed by atoms with E-state index in [4.69, 9.17) is 14.2 Å². The number of ether oxygens (including phenoxy) is 3. The Kier molecular flexibility index (Phi) is 2.74. The van der Waals surface area contributed by atoms with Crippen LogP contribution in [0, 0.1) is 5.92 Å². The molecule has 3 heterocycles. The Balaban J connectivity index is 1.44. The van der Waals surface area contributed by atoms with Gasteiger partial charge in [-0.3, -0.25) is 10.1 Å². The number of pyridine rings is 1. The Hall–Kier alpha value is -3.29. The molecular formula is C17H12N2O6. The summed E-state index contributed by atoms with van der Waals surface area (Å²) in [7, 11) is 0. The Morgan fingerprint density at radius 1 is 1.36 bits per heavy atom. The van der Waals surface area contributed by atoms with Crippen molar-refractivity contribution in [2.24, 2.45) is 5.92 Å². The van der Waals surface area contributed by atoms with Gasteiger partial charge in [-0.15, -0.1) is 0 Å². The van der Waals surface area contributed by atoms with E-state index in [1.807, 2.05) is 0 Å². The van der Waals surface area contributed by atoms with E-state index in [2.05, 4.69) is 10.3 Å². The number of carbonyl (C=O) groups is 2. The number of cyclic esters (lactones) is 1. The maximum absolute atomic E-state index is 11.3. The summed E-state index contributed by atoms with van der Waals surface area (Å²) in [6.07, 6.45) is 0.708. The number of aliphatic carboxylic acids is 1. The molecule has 2 N–H and O–H groups in total. The van der Waals surface area contributed by atoms with E-state index in [-0.39, 0.29) is 18.6 Å². The summed E-state index contributed by atoms with van der Waals surface area (Å²) in [6.45, 7) is 0.0736. The van der Waals surface area contributed by atoms with Gasteiger partial charge in [0.15, 0.2) is 0 Å². The number of fused-ring (bicyclic) bond motifs is 4. The molecule has 1 amide bonds. The standard InChI is InChI=1S/C17H12N2O6/c20-16(21)13-12-8-5-7(1-2-10(8)25-14(12)13)24-11-3-4-18-15-9(11)6-23-17(22)19-15/h1-5,12-14H,6H2,(H,20,21)(H,18,19,22)/t12-,13?,14-/m0/s1. The minimum Gasteiger partial charge on any atom is -0.489 e. The number of aromatic nitrogens is 1. The van der Waals surface area contributed by atoms with Gasteiger partial charge in [0.05, 0.1) is 5.56 Å². The van der Waals surface area contributed by atoms with Crippen molar-refractivity contribution < 1.29 is 28.9 Å². The van der Waals surface area contributed by atoms with Gasteiger partial charge in [-0.2, -0.15) is 0 Å². The normalized spacial score (nSPS) is 24.8. The van der Waals surface area contributed by atoms with Crippen molar-refractivity contribution in [2.75, 3.05) is 5.32 Å². The first-order chi connectivity index (χ1) is 12.1. The number of carboxylic acid groups (broad SMARTS) is 1. The van der Waals surface area contributed by atoms with E-state index in [0.29, 0.717) is 28.6 Å². The van der Waals surface area contributed by atoms with E-state index >= 15 is 0 Å². The van der Waals surface area contributed by atoms with Gasteiger partial charge in [0.1, 0.15) is 41.7 Å². The van der Waals surface area contributed by atoms with Crippen LogP contribution < -0.4 is 14.8 Å². The molecule has 5 rings (SSSR count). The van der Waals surface area contributed by atoms with Crippen molar-refractivity contribution in [3.63, 3.8) is 0 Å². The molecule has 0 spiro atoms. The van der Waals surface area contributed by atoms with Crippen LogP contribution in [0.1, 0.15) is 17.0 Å². The van der Waals surface area contributed by atoms with Crippen LogP contribution in [0.15, 0.2) is 30.5 Å². The first-order valence-corrected chi connectivity index (χ1v) is 7.75.